The van der Waals surface area contributed by atoms with E-state index in [-0.39, 0.29) is 23.8 Å². The Morgan fingerprint density at radius 1 is 1.18 bits per heavy atom. The normalized spacial score (nSPS) is 25.8. The van der Waals surface area contributed by atoms with Crippen LogP contribution >= 0.6 is 0 Å². The summed E-state index contributed by atoms with van der Waals surface area (Å²) < 4.78 is 4.77. The number of methoxy groups -OCH3 is 1. The van der Waals surface area contributed by atoms with Crippen LogP contribution in [-0.2, 0) is 14.3 Å². The van der Waals surface area contributed by atoms with Crippen molar-refractivity contribution in [2.24, 2.45) is 5.92 Å². The molecule has 0 aromatic rings. The smallest absolute Gasteiger partial charge is 0.308 e. The average Bonchev–Trinajstić information content (AvgIpc) is 2.54. The molecule has 0 bridgehead atoms. The van der Waals surface area contributed by atoms with E-state index in [1.165, 1.54) is 7.11 Å². The fourth-order valence-electron chi connectivity index (χ4n) is 3.56. The Labute approximate surface area is 132 Å². The molecule has 2 heterocycles. The van der Waals surface area contributed by atoms with Gasteiger partial charge in [-0.3, -0.25) is 14.5 Å². The van der Waals surface area contributed by atoms with E-state index in [9.17, 15) is 14.7 Å². The van der Waals surface area contributed by atoms with Crippen molar-refractivity contribution in [2.75, 3.05) is 33.3 Å². The molecular weight excluding hydrogens is 284 g/mol. The summed E-state index contributed by atoms with van der Waals surface area (Å²) in [5.41, 5.74) is 0. The van der Waals surface area contributed by atoms with Crippen LogP contribution < -0.4 is 0 Å². The van der Waals surface area contributed by atoms with Crippen molar-refractivity contribution in [3.05, 3.63) is 0 Å². The molecule has 6 heteroatoms. The van der Waals surface area contributed by atoms with E-state index >= 15 is 0 Å². The van der Waals surface area contributed by atoms with Gasteiger partial charge < -0.3 is 14.7 Å². The van der Waals surface area contributed by atoms with E-state index in [1.807, 2.05) is 4.90 Å². The van der Waals surface area contributed by atoms with Gasteiger partial charge in [0, 0.05) is 19.1 Å². The molecule has 126 valence electrons. The molecule has 6 nitrogen and oxygen atoms in total. The molecule has 0 spiro atoms. The first-order chi connectivity index (χ1) is 10.5. The highest BCUT2D eigenvalue weighted by Crippen LogP contribution is 2.22. The zero-order chi connectivity index (χ0) is 16.1. The number of carbonyl (C=O) groups is 2. The molecule has 0 aromatic heterocycles. The van der Waals surface area contributed by atoms with Crippen LogP contribution in [0.4, 0.5) is 0 Å². The van der Waals surface area contributed by atoms with Crippen LogP contribution in [0.5, 0.6) is 0 Å². The summed E-state index contributed by atoms with van der Waals surface area (Å²) in [6, 6.07) is 0.0882. The Morgan fingerprint density at radius 3 is 2.45 bits per heavy atom. The Morgan fingerprint density at radius 2 is 1.86 bits per heavy atom. The third-order valence-corrected chi connectivity index (χ3v) is 4.94. The van der Waals surface area contributed by atoms with Gasteiger partial charge >= 0.3 is 5.97 Å². The number of amides is 1. The Hall–Kier alpha value is -1.14. The predicted octanol–water partition coefficient (Wildman–Crippen LogP) is 0.633. The van der Waals surface area contributed by atoms with Crippen molar-refractivity contribution in [3.63, 3.8) is 0 Å². The van der Waals surface area contributed by atoms with Gasteiger partial charge in [-0.2, -0.15) is 0 Å². The van der Waals surface area contributed by atoms with Gasteiger partial charge in [0.1, 0.15) is 0 Å². The number of likely N-dealkylation sites (tertiary alicyclic amines) is 2. The Balaban J connectivity index is 1.83. The van der Waals surface area contributed by atoms with Crippen LogP contribution in [0, 0.1) is 5.92 Å². The van der Waals surface area contributed by atoms with Gasteiger partial charge in [-0.25, -0.2) is 0 Å². The number of ether oxygens (including phenoxy) is 1. The van der Waals surface area contributed by atoms with Gasteiger partial charge in [0.15, 0.2) is 0 Å². The number of hydrogen-bond donors (Lipinski definition) is 1. The van der Waals surface area contributed by atoms with Crippen molar-refractivity contribution >= 4 is 11.9 Å². The lowest BCUT2D eigenvalue weighted by Crippen LogP contribution is -2.51. The van der Waals surface area contributed by atoms with Crippen LogP contribution in [0.25, 0.3) is 0 Å². The standard InChI is InChI=1S/C16H28N2O4/c1-12(19)14-5-3-4-8-18(14)11-15(20)17-9-6-13(7-10-17)16(21)22-2/h12-14,19H,3-11H2,1-2H3/t12-,14-/m1/s1. The van der Waals surface area contributed by atoms with Gasteiger partial charge in [-0.05, 0) is 39.2 Å². The maximum Gasteiger partial charge on any atom is 0.308 e. The maximum atomic E-state index is 12.5. The number of nitrogens with zero attached hydrogens (tertiary/aromatic N) is 2. The van der Waals surface area contributed by atoms with Crippen LogP contribution in [0.1, 0.15) is 39.0 Å². The van der Waals surface area contributed by atoms with E-state index in [1.54, 1.807) is 6.92 Å². The summed E-state index contributed by atoms with van der Waals surface area (Å²) in [6.45, 7) is 4.28. The minimum atomic E-state index is -0.404. The lowest BCUT2D eigenvalue weighted by atomic mass is 9.96. The Kier molecular flexibility index (Phi) is 6.20. The SMILES string of the molecule is COC(=O)C1CCN(C(=O)CN2CCCC[C@@H]2[C@@H](C)O)CC1. The first-order valence-corrected chi connectivity index (χ1v) is 8.30. The van der Waals surface area contributed by atoms with Crippen LogP contribution in [0.15, 0.2) is 0 Å². The first-order valence-electron chi connectivity index (χ1n) is 8.30. The van der Waals surface area contributed by atoms with Crippen molar-refractivity contribution in [3.8, 4) is 0 Å². The van der Waals surface area contributed by atoms with Gasteiger partial charge in [-0.1, -0.05) is 6.42 Å². The highest BCUT2D eigenvalue weighted by molar-refractivity contribution is 5.79. The molecule has 0 aliphatic carbocycles. The van der Waals surface area contributed by atoms with Gasteiger partial charge in [0.2, 0.25) is 5.91 Å². The highest BCUT2D eigenvalue weighted by atomic mass is 16.5. The minimum Gasteiger partial charge on any atom is -0.469 e. The summed E-state index contributed by atoms with van der Waals surface area (Å²) in [7, 11) is 1.41. The number of esters is 1. The third-order valence-electron chi connectivity index (χ3n) is 4.94. The van der Waals surface area contributed by atoms with Crippen LogP contribution in [0.3, 0.4) is 0 Å². The second-order valence-electron chi connectivity index (χ2n) is 6.45. The number of aliphatic hydroxyl groups excluding tert-OH is 1. The number of rotatable bonds is 4. The molecule has 1 N–H and O–H groups in total. The van der Waals surface area contributed by atoms with E-state index < -0.39 is 6.10 Å². The fourth-order valence-corrected chi connectivity index (χ4v) is 3.56. The van der Waals surface area contributed by atoms with E-state index in [4.69, 9.17) is 4.74 Å². The van der Waals surface area contributed by atoms with E-state index in [0.717, 1.165) is 25.8 Å². The molecule has 2 aliphatic heterocycles. The lowest BCUT2D eigenvalue weighted by Gasteiger charge is -2.39. The van der Waals surface area contributed by atoms with Gasteiger partial charge in [0.25, 0.3) is 0 Å². The quantitative estimate of drug-likeness (QED) is 0.771. The van der Waals surface area contributed by atoms with Crippen molar-refractivity contribution in [1.82, 2.24) is 9.80 Å². The van der Waals surface area contributed by atoms with E-state index in [0.29, 0.717) is 32.5 Å². The molecule has 1 amide bonds. The lowest BCUT2D eigenvalue weighted by molar-refractivity contribution is -0.149. The minimum absolute atomic E-state index is 0.0748. The molecule has 22 heavy (non-hydrogen) atoms. The molecule has 2 saturated heterocycles. The van der Waals surface area contributed by atoms with E-state index in [2.05, 4.69) is 4.90 Å². The zero-order valence-corrected chi connectivity index (χ0v) is 13.7. The molecule has 0 unspecified atom stereocenters. The molecular formula is C16H28N2O4. The average molecular weight is 312 g/mol. The monoisotopic (exact) mass is 312 g/mol. The number of aliphatic hydroxyl groups is 1. The highest BCUT2D eigenvalue weighted by Gasteiger charge is 2.31. The molecule has 2 atom stereocenters. The van der Waals surface area contributed by atoms with Gasteiger partial charge in [-0.15, -0.1) is 0 Å². The summed E-state index contributed by atoms with van der Waals surface area (Å²) in [6.07, 6.45) is 4.11. The number of hydrogen-bond acceptors (Lipinski definition) is 5. The predicted molar refractivity (Wildman–Crippen MR) is 82.2 cm³/mol. The second kappa shape index (κ2) is 7.92. The summed E-state index contributed by atoms with van der Waals surface area (Å²) in [5.74, 6) is -0.137. The summed E-state index contributed by atoms with van der Waals surface area (Å²) in [4.78, 5) is 27.9. The van der Waals surface area contributed by atoms with Crippen LogP contribution in [0.2, 0.25) is 0 Å². The fraction of sp³-hybridized carbons (Fsp3) is 0.875. The molecule has 2 fully saturated rings. The topological polar surface area (TPSA) is 70.1 Å². The van der Waals surface area contributed by atoms with Crippen molar-refractivity contribution in [2.45, 2.75) is 51.2 Å². The number of carbonyl (C=O) groups excluding carboxylic acids is 2. The molecule has 2 rings (SSSR count). The molecule has 0 aromatic carbocycles. The molecule has 2 aliphatic rings. The summed E-state index contributed by atoms with van der Waals surface area (Å²) >= 11 is 0. The number of piperidine rings is 2. The molecule has 0 saturated carbocycles. The largest absolute Gasteiger partial charge is 0.469 e. The third kappa shape index (κ3) is 4.20. The van der Waals surface area contributed by atoms with Gasteiger partial charge in [0.05, 0.1) is 25.7 Å². The summed E-state index contributed by atoms with van der Waals surface area (Å²) in [5, 5.41) is 9.88. The zero-order valence-electron chi connectivity index (χ0n) is 13.7. The van der Waals surface area contributed by atoms with Crippen molar-refractivity contribution in [1.29, 1.82) is 0 Å². The first kappa shape index (κ1) is 17.2. The van der Waals surface area contributed by atoms with Crippen molar-refractivity contribution < 1.29 is 19.4 Å². The van der Waals surface area contributed by atoms with Crippen LogP contribution in [-0.4, -0.2) is 72.2 Å². The maximum absolute atomic E-state index is 12.5. The Bertz CT molecular complexity index is 392. The second-order valence-corrected chi connectivity index (χ2v) is 6.45. The molecule has 0 radical (unpaired) electrons.